The standard InChI is InChI=1S/C16H20N2O2/c1-4-12-5-7-13(8-6-12)10-18-15(16(19)20)9-14(17-18)11(2)3/h5-9,11H,4,10H2,1-3H3,(H,19,20). The van der Waals surface area contributed by atoms with Crippen molar-refractivity contribution < 1.29 is 9.90 Å². The van der Waals surface area contributed by atoms with Crippen LogP contribution in [0.3, 0.4) is 0 Å². The van der Waals surface area contributed by atoms with Crippen molar-refractivity contribution in [3.63, 3.8) is 0 Å². The first-order valence-corrected chi connectivity index (χ1v) is 6.90. The average molecular weight is 272 g/mol. The molecule has 0 fully saturated rings. The van der Waals surface area contributed by atoms with Gasteiger partial charge in [-0.2, -0.15) is 5.10 Å². The Morgan fingerprint density at radius 2 is 1.85 bits per heavy atom. The minimum atomic E-state index is -0.936. The second kappa shape index (κ2) is 5.90. The highest BCUT2D eigenvalue weighted by molar-refractivity contribution is 5.85. The smallest absolute Gasteiger partial charge is 0.354 e. The molecule has 2 aromatic rings. The highest BCUT2D eigenvalue weighted by Crippen LogP contribution is 2.16. The van der Waals surface area contributed by atoms with E-state index in [0.29, 0.717) is 6.54 Å². The molecule has 1 aromatic carbocycles. The number of carbonyl (C=O) groups is 1. The van der Waals surface area contributed by atoms with E-state index in [1.165, 1.54) is 5.56 Å². The number of benzene rings is 1. The van der Waals surface area contributed by atoms with Gasteiger partial charge in [0.15, 0.2) is 0 Å². The Morgan fingerprint density at radius 1 is 1.25 bits per heavy atom. The summed E-state index contributed by atoms with van der Waals surface area (Å²) < 4.78 is 1.57. The van der Waals surface area contributed by atoms with Gasteiger partial charge in [-0.3, -0.25) is 4.68 Å². The van der Waals surface area contributed by atoms with E-state index in [2.05, 4.69) is 24.2 Å². The molecule has 0 unspecified atom stereocenters. The first-order valence-electron chi connectivity index (χ1n) is 6.90. The molecule has 0 saturated heterocycles. The molecule has 0 aliphatic carbocycles. The molecule has 4 nitrogen and oxygen atoms in total. The van der Waals surface area contributed by atoms with E-state index < -0.39 is 5.97 Å². The summed E-state index contributed by atoms with van der Waals surface area (Å²) in [5, 5.41) is 13.7. The van der Waals surface area contributed by atoms with Gasteiger partial charge in [0, 0.05) is 0 Å². The molecule has 1 N–H and O–H groups in total. The largest absolute Gasteiger partial charge is 0.477 e. The van der Waals surface area contributed by atoms with Crippen molar-refractivity contribution in [2.45, 2.75) is 39.7 Å². The van der Waals surface area contributed by atoms with Crippen molar-refractivity contribution in [1.29, 1.82) is 0 Å². The van der Waals surface area contributed by atoms with Crippen molar-refractivity contribution in [3.8, 4) is 0 Å². The predicted octanol–water partition coefficient (Wildman–Crippen LogP) is 3.32. The number of hydrogen-bond acceptors (Lipinski definition) is 2. The van der Waals surface area contributed by atoms with E-state index in [-0.39, 0.29) is 11.6 Å². The first-order chi connectivity index (χ1) is 9.51. The van der Waals surface area contributed by atoms with Crippen LogP contribution in [0.1, 0.15) is 54.0 Å². The molecule has 1 heterocycles. The SMILES string of the molecule is CCc1ccc(Cn2nc(C(C)C)cc2C(=O)O)cc1. The van der Waals surface area contributed by atoms with Gasteiger partial charge in [0.25, 0.3) is 0 Å². The van der Waals surface area contributed by atoms with Gasteiger partial charge < -0.3 is 5.11 Å². The summed E-state index contributed by atoms with van der Waals surface area (Å²) >= 11 is 0. The van der Waals surface area contributed by atoms with Crippen LogP contribution in [0.25, 0.3) is 0 Å². The van der Waals surface area contributed by atoms with Gasteiger partial charge in [-0.15, -0.1) is 0 Å². The van der Waals surface area contributed by atoms with Crippen molar-refractivity contribution in [2.24, 2.45) is 0 Å². The number of nitrogens with zero attached hydrogens (tertiary/aromatic N) is 2. The van der Waals surface area contributed by atoms with Gasteiger partial charge in [-0.25, -0.2) is 4.79 Å². The lowest BCUT2D eigenvalue weighted by atomic mass is 10.1. The van der Waals surface area contributed by atoms with Crippen LogP contribution in [0.15, 0.2) is 30.3 Å². The number of carboxylic acid groups (broad SMARTS) is 1. The van der Waals surface area contributed by atoms with E-state index in [1.54, 1.807) is 10.7 Å². The van der Waals surface area contributed by atoms with Crippen molar-refractivity contribution in [2.75, 3.05) is 0 Å². The molecule has 0 aliphatic heterocycles. The maximum atomic E-state index is 11.3. The third-order valence-corrected chi connectivity index (χ3v) is 3.37. The molecule has 4 heteroatoms. The Hall–Kier alpha value is -2.10. The molecule has 0 radical (unpaired) electrons. The molecule has 0 spiro atoms. The van der Waals surface area contributed by atoms with Crippen molar-refractivity contribution in [1.82, 2.24) is 9.78 Å². The highest BCUT2D eigenvalue weighted by Gasteiger charge is 2.16. The topological polar surface area (TPSA) is 55.1 Å². The summed E-state index contributed by atoms with van der Waals surface area (Å²) in [4.78, 5) is 11.3. The molecule has 0 saturated carbocycles. The normalized spacial score (nSPS) is 11.0. The molecular formula is C16H20N2O2. The van der Waals surface area contributed by atoms with Crippen molar-refractivity contribution >= 4 is 5.97 Å². The van der Waals surface area contributed by atoms with E-state index in [1.807, 2.05) is 26.0 Å². The van der Waals surface area contributed by atoms with Gasteiger partial charge in [0.05, 0.1) is 12.2 Å². The Labute approximate surface area is 119 Å². The average Bonchev–Trinajstić information content (AvgIpc) is 2.84. The summed E-state index contributed by atoms with van der Waals surface area (Å²) in [6.45, 7) is 6.61. The molecule has 1 aromatic heterocycles. The number of hydrogen-bond donors (Lipinski definition) is 1. The van der Waals surface area contributed by atoms with E-state index in [9.17, 15) is 9.90 Å². The molecule has 0 amide bonds. The second-order valence-corrected chi connectivity index (χ2v) is 5.24. The fraction of sp³-hybridized carbons (Fsp3) is 0.375. The molecular weight excluding hydrogens is 252 g/mol. The van der Waals surface area contributed by atoms with Gasteiger partial charge in [-0.1, -0.05) is 45.0 Å². The summed E-state index contributed by atoms with van der Waals surface area (Å²) in [7, 11) is 0. The number of aryl methyl sites for hydroxylation is 1. The van der Waals surface area contributed by atoms with Crippen LogP contribution in [0, 0.1) is 0 Å². The molecule has 106 valence electrons. The van der Waals surface area contributed by atoms with E-state index in [4.69, 9.17) is 0 Å². The van der Waals surface area contributed by atoms with Gasteiger partial charge in [0.2, 0.25) is 0 Å². The van der Waals surface area contributed by atoms with Crippen LogP contribution in [0.2, 0.25) is 0 Å². The molecule has 0 atom stereocenters. The number of rotatable bonds is 5. The number of carboxylic acids is 1. The summed E-state index contributed by atoms with van der Waals surface area (Å²) in [5.41, 5.74) is 3.39. The van der Waals surface area contributed by atoms with Crippen LogP contribution in [-0.2, 0) is 13.0 Å². The Balaban J connectivity index is 2.29. The maximum absolute atomic E-state index is 11.3. The lowest BCUT2D eigenvalue weighted by Gasteiger charge is -2.06. The number of aromatic nitrogens is 2. The molecule has 2 rings (SSSR count). The fourth-order valence-corrected chi connectivity index (χ4v) is 2.06. The summed E-state index contributed by atoms with van der Waals surface area (Å²) in [6, 6.07) is 9.86. The summed E-state index contributed by atoms with van der Waals surface area (Å²) in [5.74, 6) is -0.716. The van der Waals surface area contributed by atoms with Crippen LogP contribution >= 0.6 is 0 Å². The van der Waals surface area contributed by atoms with Crippen LogP contribution in [-0.4, -0.2) is 20.9 Å². The van der Waals surface area contributed by atoms with Crippen molar-refractivity contribution in [3.05, 3.63) is 52.8 Å². The first kappa shape index (κ1) is 14.3. The molecule has 20 heavy (non-hydrogen) atoms. The maximum Gasteiger partial charge on any atom is 0.354 e. The van der Waals surface area contributed by atoms with Crippen LogP contribution in [0.4, 0.5) is 0 Å². The third kappa shape index (κ3) is 3.07. The van der Waals surface area contributed by atoms with E-state index >= 15 is 0 Å². The Bertz CT molecular complexity index is 597. The fourth-order valence-electron chi connectivity index (χ4n) is 2.06. The zero-order valence-corrected chi connectivity index (χ0v) is 12.1. The Kier molecular flexibility index (Phi) is 4.23. The zero-order valence-electron chi connectivity index (χ0n) is 12.1. The van der Waals surface area contributed by atoms with E-state index in [0.717, 1.165) is 17.7 Å². The van der Waals surface area contributed by atoms with Gasteiger partial charge in [-0.05, 0) is 29.5 Å². The lowest BCUT2D eigenvalue weighted by Crippen LogP contribution is -2.11. The quantitative estimate of drug-likeness (QED) is 0.908. The minimum absolute atomic E-state index is 0.219. The predicted molar refractivity (Wildman–Crippen MR) is 78.2 cm³/mol. The number of aromatic carboxylic acids is 1. The van der Waals surface area contributed by atoms with Gasteiger partial charge in [0.1, 0.15) is 5.69 Å². The van der Waals surface area contributed by atoms with Crippen LogP contribution < -0.4 is 0 Å². The Morgan fingerprint density at radius 3 is 2.35 bits per heavy atom. The molecule has 0 bridgehead atoms. The second-order valence-electron chi connectivity index (χ2n) is 5.24. The third-order valence-electron chi connectivity index (χ3n) is 3.37. The minimum Gasteiger partial charge on any atom is -0.477 e. The highest BCUT2D eigenvalue weighted by atomic mass is 16.4. The van der Waals surface area contributed by atoms with Gasteiger partial charge >= 0.3 is 5.97 Å². The zero-order chi connectivity index (χ0) is 14.7. The lowest BCUT2D eigenvalue weighted by molar-refractivity contribution is 0.0684. The monoisotopic (exact) mass is 272 g/mol. The summed E-state index contributed by atoms with van der Waals surface area (Å²) in [6.07, 6.45) is 1.000. The molecule has 0 aliphatic rings. The van der Waals surface area contributed by atoms with Crippen LogP contribution in [0.5, 0.6) is 0 Å².